The van der Waals surface area contributed by atoms with Crippen molar-refractivity contribution in [1.82, 2.24) is 10.2 Å². The second-order valence-corrected chi connectivity index (χ2v) is 4.29. The van der Waals surface area contributed by atoms with Gasteiger partial charge in [0.25, 0.3) is 0 Å². The van der Waals surface area contributed by atoms with E-state index in [1.54, 1.807) is 0 Å². The lowest BCUT2D eigenvalue weighted by molar-refractivity contribution is 0.382. The van der Waals surface area contributed by atoms with Gasteiger partial charge < -0.3 is 10.6 Å². The number of hydrogen-bond acceptors (Lipinski definition) is 2. The Balaban J connectivity index is 4.02. The molecule has 0 spiro atoms. The van der Waals surface area contributed by atoms with Crippen molar-refractivity contribution in [2.75, 3.05) is 13.1 Å². The lowest BCUT2D eigenvalue weighted by Gasteiger charge is -2.25. The standard InChI is InChI=1S/C12H27N5/c1-3-5-7-8-10-17(9-6-4-2)12(15)16-11(13)14/h3-10H2,1-2H3,(H5,13,14,15,16). The number of hydrogen-bond donors (Lipinski definition) is 4. The van der Waals surface area contributed by atoms with Crippen molar-refractivity contribution in [3.8, 4) is 0 Å². The molecule has 0 aromatic rings. The normalized spacial score (nSPS) is 10.0. The third-order valence-electron chi connectivity index (χ3n) is 2.63. The molecule has 5 heteroatoms. The summed E-state index contributed by atoms with van der Waals surface area (Å²) in [7, 11) is 0. The van der Waals surface area contributed by atoms with E-state index in [9.17, 15) is 0 Å². The second kappa shape index (κ2) is 9.93. The van der Waals surface area contributed by atoms with E-state index in [1.807, 2.05) is 4.90 Å². The molecule has 0 rings (SSSR count). The molecular weight excluding hydrogens is 214 g/mol. The minimum atomic E-state index is -0.162. The van der Waals surface area contributed by atoms with Crippen LogP contribution in [0.2, 0.25) is 0 Å². The molecule has 0 fully saturated rings. The van der Waals surface area contributed by atoms with Gasteiger partial charge in [0.15, 0.2) is 11.9 Å². The Bertz CT molecular complexity index is 227. The van der Waals surface area contributed by atoms with Crippen molar-refractivity contribution < 1.29 is 0 Å². The molecule has 5 N–H and O–H groups in total. The smallest absolute Gasteiger partial charge is 0.197 e. The Morgan fingerprint density at radius 2 is 1.59 bits per heavy atom. The summed E-state index contributed by atoms with van der Waals surface area (Å²) in [5.74, 6) is 0.0903. The van der Waals surface area contributed by atoms with Crippen molar-refractivity contribution in [2.24, 2.45) is 5.73 Å². The minimum absolute atomic E-state index is 0.162. The zero-order valence-electron chi connectivity index (χ0n) is 11.2. The first-order valence-corrected chi connectivity index (χ1v) is 6.56. The van der Waals surface area contributed by atoms with Gasteiger partial charge in [-0.3, -0.25) is 16.1 Å². The molecule has 0 saturated carbocycles. The largest absolute Gasteiger partial charge is 0.370 e. The quantitative estimate of drug-likeness (QED) is 0.298. The van der Waals surface area contributed by atoms with Gasteiger partial charge in [-0.05, 0) is 12.8 Å². The SMILES string of the molecule is CCCCCCN(CCCC)C(=N)NC(=N)N. The fourth-order valence-electron chi connectivity index (χ4n) is 1.62. The summed E-state index contributed by atoms with van der Waals surface area (Å²) in [5.41, 5.74) is 5.24. The van der Waals surface area contributed by atoms with E-state index < -0.39 is 0 Å². The average molecular weight is 241 g/mol. The first kappa shape index (κ1) is 15.7. The lowest BCUT2D eigenvalue weighted by Crippen LogP contribution is -2.46. The summed E-state index contributed by atoms with van der Waals surface area (Å²) < 4.78 is 0. The Morgan fingerprint density at radius 1 is 1.00 bits per heavy atom. The third-order valence-corrected chi connectivity index (χ3v) is 2.63. The van der Waals surface area contributed by atoms with Crippen LogP contribution in [0.15, 0.2) is 0 Å². The van der Waals surface area contributed by atoms with Crippen LogP contribution in [0, 0.1) is 10.8 Å². The maximum atomic E-state index is 7.83. The number of nitrogens with one attached hydrogen (secondary N) is 3. The van der Waals surface area contributed by atoms with Gasteiger partial charge in [0.1, 0.15) is 0 Å². The highest BCUT2D eigenvalue weighted by Crippen LogP contribution is 2.03. The van der Waals surface area contributed by atoms with Crippen LogP contribution in [0.4, 0.5) is 0 Å². The number of nitrogens with zero attached hydrogens (tertiary/aromatic N) is 1. The van der Waals surface area contributed by atoms with Gasteiger partial charge in [0.05, 0.1) is 0 Å². The van der Waals surface area contributed by atoms with E-state index in [0.717, 1.165) is 32.4 Å². The number of unbranched alkanes of at least 4 members (excludes halogenated alkanes) is 4. The van der Waals surface area contributed by atoms with Crippen LogP contribution in [0.1, 0.15) is 52.4 Å². The van der Waals surface area contributed by atoms with Gasteiger partial charge in [-0.15, -0.1) is 0 Å². The zero-order chi connectivity index (χ0) is 13.1. The number of rotatable bonds is 8. The van der Waals surface area contributed by atoms with Crippen molar-refractivity contribution in [3.63, 3.8) is 0 Å². The molecule has 0 aliphatic carbocycles. The molecule has 0 saturated heterocycles. The Kier molecular flexibility index (Phi) is 9.19. The fraction of sp³-hybridized carbons (Fsp3) is 0.833. The van der Waals surface area contributed by atoms with Gasteiger partial charge in [0.2, 0.25) is 0 Å². The van der Waals surface area contributed by atoms with Crippen LogP contribution in [0.3, 0.4) is 0 Å². The monoisotopic (exact) mass is 241 g/mol. The van der Waals surface area contributed by atoms with E-state index >= 15 is 0 Å². The predicted octanol–water partition coefficient (Wildman–Crippen LogP) is 2.09. The molecular formula is C12H27N5. The molecule has 0 aliphatic heterocycles. The van der Waals surface area contributed by atoms with E-state index in [0.29, 0.717) is 0 Å². The van der Waals surface area contributed by atoms with Crippen LogP contribution < -0.4 is 11.1 Å². The number of nitrogens with two attached hydrogens (primary N) is 1. The van der Waals surface area contributed by atoms with Crippen molar-refractivity contribution in [2.45, 2.75) is 52.4 Å². The lowest BCUT2D eigenvalue weighted by atomic mass is 10.2. The van der Waals surface area contributed by atoms with Gasteiger partial charge in [-0.2, -0.15) is 0 Å². The summed E-state index contributed by atoms with van der Waals surface area (Å²) >= 11 is 0. The summed E-state index contributed by atoms with van der Waals surface area (Å²) in [5, 5.41) is 17.5. The molecule has 0 atom stereocenters. The minimum Gasteiger partial charge on any atom is -0.370 e. The highest BCUT2D eigenvalue weighted by molar-refractivity contribution is 5.94. The first-order valence-electron chi connectivity index (χ1n) is 6.56. The molecule has 0 aliphatic rings. The molecule has 0 amide bonds. The highest BCUT2D eigenvalue weighted by Gasteiger charge is 2.09. The third kappa shape index (κ3) is 8.54. The van der Waals surface area contributed by atoms with Gasteiger partial charge >= 0.3 is 0 Å². The first-order chi connectivity index (χ1) is 8.11. The van der Waals surface area contributed by atoms with Crippen LogP contribution in [-0.4, -0.2) is 29.9 Å². The Hall–Kier alpha value is -1.26. The molecule has 100 valence electrons. The number of guanidine groups is 2. The van der Waals surface area contributed by atoms with Gasteiger partial charge in [0, 0.05) is 13.1 Å². The van der Waals surface area contributed by atoms with Gasteiger partial charge in [-0.1, -0.05) is 39.5 Å². The highest BCUT2D eigenvalue weighted by atomic mass is 15.3. The molecule has 0 unspecified atom stereocenters. The van der Waals surface area contributed by atoms with Crippen molar-refractivity contribution in [3.05, 3.63) is 0 Å². The zero-order valence-corrected chi connectivity index (χ0v) is 11.2. The maximum absolute atomic E-state index is 7.83. The topological polar surface area (TPSA) is 89.0 Å². The second-order valence-electron chi connectivity index (χ2n) is 4.29. The predicted molar refractivity (Wildman–Crippen MR) is 73.4 cm³/mol. The van der Waals surface area contributed by atoms with E-state index in [1.165, 1.54) is 19.3 Å². The molecule has 0 bridgehead atoms. The van der Waals surface area contributed by atoms with Gasteiger partial charge in [-0.25, -0.2) is 0 Å². The summed E-state index contributed by atoms with van der Waals surface area (Å²) in [6, 6.07) is 0. The van der Waals surface area contributed by atoms with Crippen LogP contribution in [0.5, 0.6) is 0 Å². The Morgan fingerprint density at radius 3 is 2.12 bits per heavy atom. The Labute approximate surface area is 105 Å². The van der Waals surface area contributed by atoms with E-state index in [4.69, 9.17) is 16.6 Å². The van der Waals surface area contributed by atoms with Crippen LogP contribution >= 0.6 is 0 Å². The molecule has 0 heterocycles. The van der Waals surface area contributed by atoms with Crippen LogP contribution in [0.25, 0.3) is 0 Å². The summed E-state index contributed by atoms with van der Waals surface area (Å²) in [6.07, 6.45) is 6.94. The molecule has 17 heavy (non-hydrogen) atoms. The summed E-state index contributed by atoms with van der Waals surface area (Å²) in [6.45, 7) is 6.06. The van der Waals surface area contributed by atoms with Crippen molar-refractivity contribution in [1.29, 1.82) is 10.8 Å². The fourth-order valence-corrected chi connectivity index (χ4v) is 1.62. The van der Waals surface area contributed by atoms with E-state index in [2.05, 4.69) is 19.2 Å². The molecule has 5 nitrogen and oxygen atoms in total. The molecule has 0 aromatic heterocycles. The summed E-state index contributed by atoms with van der Waals surface area (Å²) in [4.78, 5) is 1.97. The van der Waals surface area contributed by atoms with E-state index in [-0.39, 0.29) is 11.9 Å². The van der Waals surface area contributed by atoms with Crippen LogP contribution in [-0.2, 0) is 0 Å². The molecule has 0 aromatic carbocycles. The molecule has 0 radical (unpaired) electrons. The average Bonchev–Trinajstić information content (AvgIpc) is 2.27. The van der Waals surface area contributed by atoms with Crippen molar-refractivity contribution >= 4 is 11.9 Å². The maximum Gasteiger partial charge on any atom is 0.197 e.